The molecule has 7 nitrogen and oxygen atoms in total. The molecule has 0 aliphatic heterocycles. The Labute approximate surface area is 105 Å². The number of aryl methyl sites for hydroxylation is 2. The van der Waals surface area contributed by atoms with Crippen molar-refractivity contribution in [2.24, 2.45) is 13.0 Å². The summed E-state index contributed by atoms with van der Waals surface area (Å²) >= 11 is 0. The molecule has 0 fully saturated rings. The third-order valence-corrected chi connectivity index (χ3v) is 2.61. The summed E-state index contributed by atoms with van der Waals surface area (Å²) in [5.41, 5.74) is 1.32. The maximum atomic E-state index is 11.6. The van der Waals surface area contributed by atoms with Crippen molar-refractivity contribution in [3.63, 3.8) is 0 Å². The van der Waals surface area contributed by atoms with E-state index in [1.165, 1.54) is 0 Å². The third kappa shape index (κ3) is 3.76. The zero-order valence-corrected chi connectivity index (χ0v) is 10.7. The second kappa shape index (κ2) is 6.04. The second-order valence-electron chi connectivity index (χ2n) is 4.08. The molecule has 1 rings (SSSR count). The summed E-state index contributed by atoms with van der Waals surface area (Å²) in [4.78, 5) is 22.3. The van der Waals surface area contributed by atoms with Crippen LogP contribution in [0.5, 0.6) is 0 Å². The molecule has 1 heterocycles. The van der Waals surface area contributed by atoms with E-state index in [0.717, 1.165) is 0 Å². The van der Waals surface area contributed by atoms with Crippen LogP contribution in [0, 0.1) is 12.8 Å². The molecule has 100 valence electrons. The van der Waals surface area contributed by atoms with Gasteiger partial charge in [-0.3, -0.25) is 9.48 Å². The van der Waals surface area contributed by atoms with Crippen molar-refractivity contribution >= 4 is 17.7 Å². The van der Waals surface area contributed by atoms with E-state index in [4.69, 9.17) is 5.11 Å². The van der Waals surface area contributed by atoms with Crippen LogP contribution in [0.15, 0.2) is 6.20 Å². The van der Waals surface area contributed by atoms with E-state index in [0.29, 0.717) is 17.8 Å². The number of nitrogens with one attached hydrogen (secondary N) is 2. The molecule has 0 aliphatic rings. The molecule has 0 bridgehead atoms. The smallest absolute Gasteiger partial charge is 0.319 e. The molecule has 2 amide bonds. The van der Waals surface area contributed by atoms with Gasteiger partial charge in [0.05, 0.1) is 17.3 Å². The van der Waals surface area contributed by atoms with E-state index >= 15 is 0 Å². The lowest BCUT2D eigenvalue weighted by Gasteiger charge is -2.11. The van der Waals surface area contributed by atoms with Gasteiger partial charge in [0.15, 0.2) is 0 Å². The first kappa shape index (κ1) is 14.0. The summed E-state index contributed by atoms with van der Waals surface area (Å²) in [5, 5.41) is 18.1. The maximum absolute atomic E-state index is 11.6. The lowest BCUT2D eigenvalue weighted by Crippen LogP contribution is -2.35. The van der Waals surface area contributed by atoms with Gasteiger partial charge in [-0.25, -0.2) is 4.79 Å². The molecule has 1 atom stereocenters. The third-order valence-electron chi connectivity index (χ3n) is 2.61. The fraction of sp³-hybridized carbons (Fsp3) is 0.545. The molecule has 1 aromatic heterocycles. The van der Waals surface area contributed by atoms with E-state index in [9.17, 15) is 9.59 Å². The fourth-order valence-corrected chi connectivity index (χ4v) is 1.51. The van der Waals surface area contributed by atoms with Crippen molar-refractivity contribution in [1.29, 1.82) is 0 Å². The summed E-state index contributed by atoms with van der Waals surface area (Å²) in [6.07, 6.45) is 2.16. The number of aromatic nitrogens is 2. The van der Waals surface area contributed by atoms with Crippen molar-refractivity contribution < 1.29 is 14.7 Å². The summed E-state index contributed by atoms with van der Waals surface area (Å²) < 4.78 is 1.59. The van der Waals surface area contributed by atoms with Gasteiger partial charge in [-0.05, 0) is 13.3 Å². The predicted molar refractivity (Wildman–Crippen MR) is 66.4 cm³/mol. The number of carboxylic acids is 1. The fourth-order valence-electron chi connectivity index (χ4n) is 1.51. The molecule has 0 saturated carbocycles. The van der Waals surface area contributed by atoms with Crippen molar-refractivity contribution in [1.82, 2.24) is 15.1 Å². The van der Waals surface area contributed by atoms with Crippen LogP contribution in [-0.4, -0.2) is 33.4 Å². The average Bonchev–Trinajstić information content (AvgIpc) is 2.57. The van der Waals surface area contributed by atoms with Gasteiger partial charge in [-0.1, -0.05) is 6.92 Å². The molecule has 0 saturated heterocycles. The number of rotatable bonds is 5. The van der Waals surface area contributed by atoms with Crippen LogP contribution in [0.3, 0.4) is 0 Å². The lowest BCUT2D eigenvalue weighted by molar-refractivity contribution is -0.141. The Morgan fingerprint density at radius 2 is 2.22 bits per heavy atom. The number of anilines is 1. The number of carbonyl (C=O) groups is 2. The van der Waals surface area contributed by atoms with Crippen LogP contribution in [0.2, 0.25) is 0 Å². The van der Waals surface area contributed by atoms with Gasteiger partial charge in [0.2, 0.25) is 0 Å². The highest BCUT2D eigenvalue weighted by molar-refractivity contribution is 5.89. The van der Waals surface area contributed by atoms with Crippen LogP contribution >= 0.6 is 0 Å². The number of carbonyl (C=O) groups excluding carboxylic acids is 1. The minimum atomic E-state index is -0.907. The first-order valence-electron chi connectivity index (χ1n) is 5.72. The first-order valence-corrected chi connectivity index (χ1v) is 5.72. The van der Waals surface area contributed by atoms with E-state index in [1.807, 2.05) is 0 Å². The second-order valence-corrected chi connectivity index (χ2v) is 4.08. The number of carboxylic acid groups (broad SMARTS) is 1. The van der Waals surface area contributed by atoms with Crippen LogP contribution in [-0.2, 0) is 11.8 Å². The monoisotopic (exact) mass is 254 g/mol. The van der Waals surface area contributed by atoms with Gasteiger partial charge in [0.25, 0.3) is 0 Å². The lowest BCUT2D eigenvalue weighted by atomic mass is 10.1. The standard InChI is InChI=1S/C11H18N4O3/c1-4-8(10(16)17)5-12-11(18)13-9-6-15(3)14-7(9)2/h6,8H,4-5H2,1-3H3,(H,16,17)(H2,12,13,18). The Morgan fingerprint density at radius 3 is 2.67 bits per heavy atom. The van der Waals surface area contributed by atoms with E-state index in [2.05, 4.69) is 15.7 Å². The Bertz CT molecular complexity index is 441. The number of hydrogen-bond acceptors (Lipinski definition) is 3. The quantitative estimate of drug-likeness (QED) is 0.729. The number of nitrogens with zero attached hydrogens (tertiary/aromatic N) is 2. The number of aliphatic carboxylic acids is 1. The normalized spacial score (nSPS) is 11.9. The summed E-state index contributed by atoms with van der Waals surface area (Å²) in [6.45, 7) is 3.66. The van der Waals surface area contributed by atoms with Crippen molar-refractivity contribution in [2.45, 2.75) is 20.3 Å². The SMILES string of the molecule is CCC(CNC(=O)Nc1cn(C)nc1C)C(=O)O. The number of urea groups is 1. The largest absolute Gasteiger partial charge is 0.481 e. The van der Waals surface area contributed by atoms with Crippen LogP contribution in [0.4, 0.5) is 10.5 Å². The predicted octanol–water partition coefficient (Wildman–Crippen LogP) is 0.961. The molecule has 0 spiro atoms. The topological polar surface area (TPSA) is 96.3 Å². The molecular formula is C11H18N4O3. The van der Waals surface area contributed by atoms with Crippen molar-refractivity contribution in [2.75, 3.05) is 11.9 Å². The van der Waals surface area contributed by atoms with Gasteiger partial charge >= 0.3 is 12.0 Å². The Kier molecular flexibility index (Phi) is 4.70. The highest BCUT2D eigenvalue weighted by Gasteiger charge is 2.16. The van der Waals surface area contributed by atoms with Crippen LogP contribution < -0.4 is 10.6 Å². The van der Waals surface area contributed by atoms with E-state index in [1.54, 1.807) is 31.8 Å². The first-order chi connectivity index (χ1) is 8.43. The molecule has 0 aliphatic carbocycles. The number of hydrogen-bond donors (Lipinski definition) is 3. The molecular weight excluding hydrogens is 236 g/mol. The van der Waals surface area contributed by atoms with Gasteiger partial charge in [-0.2, -0.15) is 5.10 Å². The van der Waals surface area contributed by atoms with E-state index in [-0.39, 0.29) is 6.54 Å². The molecule has 1 aromatic rings. The molecule has 7 heteroatoms. The van der Waals surface area contributed by atoms with Crippen LogP contribution in [0.1, 0.15) is 19.0 Å². The Balaban J connectivity index is 2.47. The average molecular weight is 254 g/mol. The van der Waals surface area contributed by atoms with Gasteiger partial charge < -0.3 is 15.7 Å². The highest BCUT2D eigenvalue weighted by atomic mass is 16.4. The highest BCUT2D eigenvalue weighted by Crippen LogP contribution is 2.10. The maximum Gasteiger partial charge on any atom is 0.319 e. The van der Waals surface area contributed by atoms with Crippen molar-refractivity contribution in [3.05, 3.63) is 11.9 Å². The Morgan fingerprint density at radius 1 is 1.56 bits per heavy atom. The van der Waals surface area contributed by atoms with Gasteiger partial charge in [-0.15, -0.1) is 0 Å². The molecule has 18 heavy (non-hydrogen) atoms. The zero-order valence-electron chi connectivity index (χ0n) is 10.7. The molecule has 3 N–H and O–H groups in total. The molecule has 0 radical (unpaired) electrons. The van der Waals surface area contributed by atoms with Gasteiger partial charge in [0, 0.05) is 19.8 Å². The van der Waals surface area contributed by atoms with Crippen LogP contribution in [0.25, 0.3) is 0 Å². The minimum absolute atomic E-state index is 0.108. The summed E-state index contributed by atoms with van der Waals surface area (Å²) in [7, 11) is 1.76. The molecule has 0 aromatic carbocycles. The number of amides is 2. The minimum Gasteiger partial charge on any atom is -0.481 e. The Hall–Kier alpha value is -2.05. The van der Waals surface area contributed by atoms with Gasteiger partial charge in [0.1, 0.15) is 0 Å². The summed E-state index contributed by atoms with van der Waals surface area (Å²) in [6, 6.07) is -0.425. The van der Waals surface area contributed by atoms with Crippen molar-refractivity contribution in [3.8, 4) is 0 Å². The molecule has 1 unspecified atom stereocenters. The zero-order chi connectivity index (χ0) is 13.7. The van der Waals surface area contributed by atoms with E-state index < -0.39 is 17.9 Å². The summed E-state index contributed by atoms with van der Waals surface area (Å²) in [5.74, 6) is -1.47.